The maximum atomic E-state index is 4.92. The van der Waals surface area contributed by atoms with Crippen LogP contribution >= 0.6 is 0 Å². The van der Waals surface area contributed by atoms with Gasteiger partial charge in [0.2, 0.25) is 0 Å². The molecule has 0 amide bonds. The fraction of sp³-hybridized carbons (Fsp3) is 0.0345. The summed E-state index contributed by atoms with van der Waals surface area (Å²) in [5.41, 5.74) is 8.65. The molecule has 0 bridgehead atoms. The van der Waals surface area contributed by atoms with Crippen molar-refractivity contribution in [1.29, 1.82) is 0 Å². The van der Waals surface area contributed by atoms with E-state index in [2.05, 4.69) is 97.9 Å². The second kappa shape index (κ2) is 8.37. The molecule has 0 aliphatic heterocycles. The zero-order chi connectivity index (χ0) is 21.0. The molecule has 4 aromatic carbocycles. The van der Waals surface area contributed by atoms with Crippen LogP contribution in [-0.4, -0.2) is 9.97 Å². The Balaban J connectivity index is 1.60. The molecule has 2 nitrogen and oxygen atoms in total. The van der Waals surface area contributed by atoms with Gasteiger partial charge in [0.15, 0.2) is 5.82 Å². The standard InChI is InChI=1S/C29H22N2/c1-21-12-14-26(15-13-21)29-30-27(24-10-6-3-7-11-24)20-28(31-29)25-18-16-23(17-19-25)22-8-4-2-5-9-22/h2-20H,1H3. The van der Waals surface area contributed by atoms with Gasteiger partial charge < -0.3 is 0 Å². The summed E-state index contributed by atoms with van der Waals surface area (Å²) in [6.07, 6.45) is 0. The summed E-state index contributed by atoms with van der Waals surface area (Å²) in [5, 5.41) is 0. The summed E-state index contributed by atoms with van der Waals surface area (Å²) >= 11 is 0. The molecule has 0 aliphatic rings. The van der Waals surface area contributed by atoms with E-state index in [1.807, 2.05) is 24.3 Å². The van der Waals surface area contributed by atoms with Crippen LogP contribution in [0.2, 0.25) is 0 Å². The minimum atomic E-state index is 0.739. The number of aryl methyl sites for hydroxylation is 1. The lowest BCUT2D eigenvalue weighted by Crippen LogP contribution is -1.96. The van der Waals surface area contributed by atoms with Crippen molar-refractivity contribution in [3.05, 3.63) is 121 Å². The van der Waals surface area contributed by atoms with E-state index in [1.54, 1.807) is 0 Å². The first kappa shape index (κ1) is 19.0. The monoisotopic (exact) mass is 398 g/mol. The van der Waals surface area contributed by atoms with Crippen molar-refractivity contribution >= 4 is 0 Å². The molecule has 1 heterocycles. The molecule has 0 fully saturated rings. The molecular weight excluding hydrogens is 376 g/mol. The van der Waals surface area contributed by atoms with Crippen LogP contribution < -0.4 is 0 Å². The van der Waals surface area contributed by atoms with E-state index in [4.69, 9.17) is 9.97 Å². The molecular formula is C29H22N2. The summed E-state index contributed by atoms with van der Waals surface area (Å²) < 4.78 is 0. The molecule has 148 valence electrons. The highest BCUT2D eigenvalue weighted by atomic mass is 14.9. The van der Waals surface area contributed by atoms with Crippen molar-refractivity contribution in [1.82, 2.24) is 9.97 Å². The molecule has 5 rings (SSSR count). The first-order chi connectivity index (χ1) is 15.3. The topological polar surface area (TPSA) is 25.8 Å². The molecule has 1 aromatic heterocycles. The summed E-state index contributed by atoms with van der Waals surface area (Å²) in [6, 6.07) is 39.7. The Hall–Kier alpha value is -4.04. The van der Waals surface area contributed by atoms with Crippen molar-refractivity contribution in [2.45, 2.75) is 6.92 Å². The lowest BCUT2D eigenvalue weighted by atomic mass is 10.0. The van der Waals surface area contributed by atoms with Gasteiger partial charge in [0.25, 0.3) is 0 Å². The minimum Gasteiger partial charge on any atom is -0.228 e. The Labute approximate surface area is 182 Å². The second-order valence-electron chi connectivity index (χ2n) is 7.64. The van der Waals surface area contributed by atoms with Gasteiger partial charge in [0, 0.05) is 16.7 Å². The highest BCUT2D eigenvalue weighted by molar-refractivity contribution is 5.74. The van der Waals surface area contributed by atoms with E-state index >= 15 is 0 Å². The van der Waals surface area contributed by atoms with Gasteiger partial charge in [-0.2, -0.15) is 0 Å². The van der Waals surface area contributed by atoms with Crippen LogP contribution in [0.4, 0.5) is 0 Å². The average molecular weight is 399 g/mol. The van der Waals surface area contributed by atoms with Gasteiger partial charge in [0.1, 0.15) is 0 Å². The smallest absolute Gasteiger partial charge is 0.160 e. The first-order valence-electron chi connectivity index (χ1n) is 10.4. The number of benzene rings is 4. The molecule has 31 heavy (non-hydrogen) atoms. The highest BCUT2D eigenvalue weighted by Gasteiger charge is 2.10. The third-order valence-electron chi connectivity index (χ3n) is 5.39. The molecule has 0 atom stereocenters. The maximum Gasteiger partial charge on any atom is 0.160 e. The Morgan fingerprint density at radius 2 is 0.839 bits per heavy atom. The van der Waals surface area contributed by atoms with Crippen LogP contribution in [-0.2, 0) is 0 Å². The molecule has 0 spiro atoms. The highest BCUT2D eigenvalue weighted by Crippen LogP contribution is 2.29. The Kier molecular flexibility index (Phi) is 5.12. The largest absolute Gasteiger partial charge is 0.228 e. The summed E-state index contributed by atoms with van der Waals surface area (Å²) in [4.78, 5) is 9.80. The minimum absolute atomic E-state index is 0.739. The van der Waals surface area contributed by atoms with Crippen LogP contribution in [0.25, 0.3) is 45.0 Å². The second-order valence-corrected chi connectivity index (χ2v) is 7.64. The van der Waals surface area contributed by atoms with E-state index in [1.165, 1.54) is 16.7 Å². The van der Waals surface area contributed by atoms with Crippen LogP contribution in [0.1, 0.15) is 5.56 Å². The first-order valence-corrected chi connectivity index (χ1v) is 10.4. The molecule has 0 unspecified atom stereocenters. The number of hydrogen-bond acceptors (Lipinski definition) is 2. The van der Waals surface area contributed by atoms with Gasteiger partial charge >= 0.3 is 0 Å². The summed E-state index contributed by atoms with van der Waals surface area (Å²) in [6.45, 7) is 2.09. The number of rotatable bonds is 4. The number of hydrogen-bond donors (Lipinski definition) is 0. The average Bonchev–Trinajstić information content (AvgIpc) is 2.85. The van der Waals surface area contributed by atoms with Crippen molar-refractivity contribution < 1.29 is 0 Å². The third kappa shape index (κ3) is 4.15. The number of aromatic nitrogens is 2. The molecule has 0 saturated heterocycles. The SMILES string of the molecule is Cc1ccc(-c2nc(-c3ccccc3)cc(-c3ccc(-c4ccccc4)cc3)n2)cc1. The fourth-order valence-electron chi connectivity index (χ4n) is 3.65. The van der Waals surface area contributed by atoms with Crippen LogP contribution in [0.3, 0.4) is 0 Å². The fourth-order valence-corrected chi connectivity index (χ4v) is 3.65. The Morgan fingerprint density at radius 3 is 1.42 bits per heavy atom. The van der Waals surface area contributed by atoms with Gasteiger partial charge in [-0.1, -0.05) is 115 Å². The lowest BCUT2D eigenvalue weighted by molar-refractivity contribution is 1.18. The lowest BCUT2D eigenvalue weighted by Gasteiger charge is -2.10. The predicted molar refractivity (Wildman–Crippen MR) is 129 cm³/mol. The zero-order valence-corrected chi connectivity index (χ0v) is 17.4. The number of nitrogens with zero attached hydrogens (tertiary/aromatic N) is 2. The molecule has 0 aliphatic carbocycles. The summed E-state index contributed by atoms with van der Waals surface area (Å²) in [5.74, 6) is 0.739. The van der Waals surface area contributed by atoms with Crippen molar-refractivity contribution in [2.24, 2.45) is 0 Å². The van der Waals surface area contributed by atoms with E-state index in [0.29, 0.717) is 0 Å². The van der Waals surface area contributed by atoms with Crippen molar-refractivity contribution in [2.75, 3.05) is 0 Å². The van der Waals surface area contributed by atoms with E-state index in [9.17, 15) is 0 Å². The molecule has 0 N–H and O–H groups in total. The molecule has 0 radical (unpaired) electrons. The van der Waals surface area contributed by atoms with Gasteiger partial charge in [0.05, 0.1) is 11.4 Å². The molecule has 2 heteroatoms. The maximum absolute atomic E-state index is 4.92. The van der Waals surface area contributed by atoms with E-state index in [-0.39, 0.29) is 0 Å². The third-order valence-corrected chi connectivity index (χ3v) is 5.39. The normalized spacial score (nSPS) is 10.7. The van der Waals surface area contributed by atoms with Crippen LogP contribution in [0, 0.1) is 6.92 Å². The van der Waals surface area contributed by atoms with E-state index in [0.717, 1.165) is 33.9 Å². The quantitative estimate of drug-likeness (QED) is 0.314. The predicted octanol–water partition coefficient (Wildman–Crippen LogP) is 7.45. The molecule has 5 aromatic rings. The van der Waals surface area contributed by atoms with Crippen LogP contribution in [0.15, 0.2) is 115 Å². The van der Waals surface area contributed by atoms with Gasteiger partial charge in [-0.3, -0.25) is 0 Å². The van der Waals surface area contributed by atoms with E-state index < -0.39 is 0 Å². The zero-order valence-electron chi connectivity index (χ0n) is 17.4. The van der Waals surface area contributed by atoms with Gasteiger partial charge in [-0.15, -0.1) is 0 Å². The van der Waals surface area contributed by atoms with Crippen molar-refractivity contribution in [3.8, 4) is 45.0 Å². The Morgan fingerprint density at radius 1 is 0.419 bits per heavy atom. The molecule has 0 saturated carbocycles. The van der Waals surface area contributed by atoms with Crippen LogP contribution in [0.5, 0.6) is 0 Å². The van der Waals surface area contributed by atoms with Gasteiger partial charge in [-0.25, -0.2) is 9.97 Å². The van der Waals surface area contributed by atoms with Gasteiger partial charge in [-0.05, 0) is 24.1 Å². The van der Waals surface area contributed by atoms with Crippen molar-refractivity contribution in [3.63, 3.8) is 0 Å². The summed E-state index contributed by atoms with van der Waals surface area (Å²) in [7, 11) is 0. The Bertz CT molecular complexity index is 1290.